The van der Waals surface area contributed by atoms with E-state index < -0.39 is 0 Å². The minimum atomic E-state index is 0.629. The maximum absolute atomic E-state index is 4.79. The summed E-state index contributed by atoms with van der Waals surface area (Å²) in [5.41, 5.74) is 1.25. The molecule has 1 aliphatic carbocycles. The van der Waals surface area contributed by atoms with Crippen molar-refractivity contribution in [3.8, 4) is 0 Å². The maximum atomic E-state index is 4.79. The number of rotatable bonds is 3. The number of aromatic nitrogens is 2. The third-order valence-electron chi connectivity index (χ3n) is 4.08. The van der Waals surface area contributed by atoms with Crippen LogP contribution in [0.3, 0.4) is 0 Å². The van der Waals surface area contributed by atoms with Gasteiger partial charge in [0.05, 0.1) is 6.21 Å². The summed E-state index contributed by atoms with van der Waals surface area (Å²) >= 11 is 1.68. The van der Waals surface area contributed by atoms with E-state index in [2.05, 4.69) is 23.2 Å². The van der Waals surface area contributed by atoms with Gasteiger partial charge in [-0.1, -0.05) is 16.4 Å². The summed E-state index contributed by atoms with van der Waals surface area (Å²) in [5, 5.41) is 15.3. The molecule has 1 aliphatic heterocycles. The Balaban J connectivity index is 1.98. The van der Waals surface area contributed by atoms with Crippen molar-refractivity contribution in [1.82, 2.24) is 10.2 Å². The van der Waals surface area contributed by atoms with Gasteiger partial charge in [0.25, 0.3) is 0 Å². The zero-order valence-corrected chi connectivity index (χ0v) is 11.8. The molecule has 0 saturated heterocycles. The molecule has 0 radical (unpaired) electrons. The third kappa shape index (κ3) is 1.73. The van der Waals surface area contributed by atoms with Gasteiger partial charge in [0.2, 0.25) is 5.01 Å². The number of allylic oxidation sites excluding steroid dienone is 1. The van der Waals surface area contributed by atoms with E-state index in [1.54, 1.807) is 11.3 Å². The van der Waals surface area contributed by atoms with Gasteiger partial charge in [-0.05, 0) is 26.7 Å². The summed E-state index contributed by atoms with van der Waals surface area (Å²) in [4.78, 5) is 0. The van der Waals surface area contributed by atoms with Crippen LogP contribution < -0.4 is 0 Å². The third-order valence-corrected chi connectivity index (χ3v) is 4.94. The Morgan fingerprint density at radius 2 is 2.11 bits per heavy atom. The fourth-order valence-electron chi connectivity index (χ4n) is 3.18. The van der Waals surface area contributed by atoms with Crippen molar-refractivity contribution >= 4 is 23.2 Å². The highest BCUT2D eigenvalue weighted by molar-refractivity contribution is 7.12. The van der Waals surface area contributed by atoms with Gasteiger partial charge in [-0.25, -0.2) is 0 Å². The van der Waals surface area contributed by atoms with Gasteiger partial charge in [0.1, 0.15) is 17.6 Å². The van der Waals surface area contributed by atoms with Crippen LogP contribution in [0.25, 0.3) is 5.70 Å². The molecule has 1 unspecified atom stereocenters. The van der Waals surface area contributed by atoms with E-state index in [0.717, 1.165) is 21.2 Å². The van der Waals surface area contributed by atoms with Crippen LogP contribution >= 0.6 is 11.3 Å². The minimum absolute atomic E-state index is 0.629. The molecule has 0 bridgehead atoms. The second-order valence-electron chi connectivity index (χ2n) is 5.02. The zero-order chi connectivity index (χ0) is 12.6. The SMILES string of the molecule is CC[N+]1(C2CCCC2)N=CC=C1c1nnc(C)s1. The van der Waals surface area contributed by atoms with Gasteiger partial charge in [0, 0.05) is 18.9 Å². The van der Waals surface area contributed by atoms with Crippen LogP contribution in [0.5, 0.6) is 0 Å². The van der Waals surface area contributed by atoms with Gasteiger partial charge in [-0.3, -0.25) is 0 Å². The van der Waals surface area contributed by atoms with Gasteiger partial charge >= 0.3 is 0 Å². The van der Waals surface area contributed by atoms with E-state index >= 15 is 0 Å². The van der Waals surface area contributed by atoms with Crippen molar-refractivity contribution in [1.29, 1.82) is 0 Å². The van der Waals surface area contributed by atoms with E-state index in [-0.39, 0.29) is 0 Å². The molecule has 18 heavy (non-hydrogen) atoms. The predicted octanol–water partition coefficient (Wildman–Crippen LogP) is 2.97. The van der Waals surface area contributed by atoms with Crippen LogP contribution in [0.1, 0.15) is 42.6 Å². The van der Waals surface area contributed by atoms with Crippen LogP contribution in [0, 0.1) is 6.92 Å². The van der Waals surface area contributed by atoms with Crippen LogP contribution in [0.15, 0.2) is 11.2 Å². The second-order valence-corrected chi connectivity index (χ2v) is 6.21. The Morgan fingerprint density at radius 1 is 1.33 bits per heavy atom. The summed E-state index contributed by atoms with van der Waals surface area (Å²) in [6.45, 7) is 5.24. The first-order valence-corrected chi connectivity index (χ1v) is 7.52. The Hall–Kier alpha value is -1.07. The van der Waals surface area contributed by atoms with Crippen LogP contribution in [-0.2, 0) is 0 Å². The first-order chi connectivity index (χ1) is 8.76. The molecule has 1 saturated carbocycles. The van der Waals surface area contributed by atoms with Crippen molar-refractivity contribution < 1.29 is 4.59 Å². The summed E-state index contributed by atoms with van der Waals surface area (Å²) < 4.78 is 0.745. The molecule has 5 heteroatoms. The molecule has 3 rings (SSSR count). The Morgan fingerprint density at radius 3 is 2.72 bits per heavy atom. The van der Waals surface area contributed by atoms with Crippen molar-refractivity contribution in [2.45, 2.75) is 45.6 Å². The summed E-state index contributed by atoms with van der Waals surface area (Å²) in [7, 11) is 0. The molecular formula is C13H19N4S+. The van der Waals surface area contributed by atoms with Gasteiger partial charge < -0.3 is 0 Å². The summed E-state index contributed by atoms with van der Waals surface area (Å²) in [6.07, 6.45) is 9.31. The molecule has 0 N–H and O–H groups in total. The minimum Gasteiger partial charge on any atom is -0.161 e. The molecule has 0 amide bonds. The maximum Gasteiger partial charge on any atom is 0.204 e. The van der Waals surface area contributed by atoms with Crippen molar-refractivity contribution in [2.24, 2.45) is 5.10 Å². The molecule has 1 atom stereocenters. The molecular weight excluding hydrogens is 244 g/mol. The smallest absolute Gasteiger partial charge is 0.161 e. The average Bonchev–Trinajstić information content (AvgIpc) is 3.08. The predicted molar refractivity (Wildman–Crippen MR) is 74.2 cm³/mol. The average molecular weight is 263 g/mol. The van der Waals surface area contributed by atoms with Gasteiger partial charge in [-0.15, -0.1) is 10.2 Å². The molecule has 0 spiro atoms. The molecule has 1 aromatic heterocycles. The lowest BCUT2D eigenvalue weighted by Crippen LogP contribution is -2.46. The van der Waals surface area contributed by atoms with Crippen LogP contribution in [0.2, 0.25) is 0 Å². The van der Waals surface area contributed by atoms with Gasteiger partial charge in [-0.2, -0.15) is 4.59 Å². The lowest BCUT2D eigenvalue weighted by molar-refractivity contribution is -0.887. The Bertz CT molecular complexity index is 499. The summed E-state index contributed by atoms with van der Waals surface area (Å²) in [6, 6.07) is 0.629. The Labute approximate surface area is 112 Å². The second kappa shape index (κ2) is 4.55. The number of hydrogen-bond donors (Lipinski definition) is 0. The molecule has 1 aromatic rings. The van der Waals surface area contributed by atoms with Crippen molar-refractivity contribution in [2.75, 3.05) is 6.54 Å². The fourth-order valence-corrected chi connectivity index (χ4v) is 3.96. The molecule has 0 aromatic carbocycles. The molecule has 96 valence electrons. The number of quaternary nitrogens is 1. The van der Waals surface area contributed by atoms with Gasteiger partial charge in [0.15, 0.2) is 5.70 Å². The van der Waals surface area contributed by atoms with E-state index in [4.69, 9.17) is 5.10 Å². The van der Waals surface area contributed by atoms with Crippen LogP contribution in [0.4, 0.5) is 0 Å². The fraction of sp³-hybridized carbons (Fsp3) is 0.615. The number of aryl methyl sites for hydroxylation is 1. The highest BCUT2D eigenvalue weighted by Crippen LogP contribution is 2.41. The van der Waals surface area contributed by atoms with Crippen molar-refractivity contribution in [3.63, 3.8) is 0 Å². The summed E-state index contributed by atoms with van der Waals surface area (Å²) in [5.74, 6) is 0. The first-order valence-electron chi connectivity index (χ1n) is 6.71. The standard InChI is InChI=1S/C13H19N4S/c1-3-17(11-6-4-5-7-11)12(8-9-14-17)13-16-15-10(2)18-13/h8-9,11H,3-7H2,1-2H3/q+1. The first kappa shape index (κ1) is 12.0. The zero-order valence-electron chi connectivity index (χ0n) is 11.0. The molecule has 1 fully saturated rings. The van der Waals surface area contributed by atoms with E-state index in [1.807, 2.05) is 13.1 Å². The van der Waals surface area contributed by atoms with E-state index in [1.165, 1.54) is 31.4 Å². The monoisotopic (exact) mass is 263 g/mol. The highest BCUT2D eigenvalue weighted by Gasteiger charge is 2.45. The molecule has 2 aliphatic rings. The van der Waals surface area contributed by atoms with Crippen LogP contribution in [-0.4, -0.2) is 33.6 Å². The quantitative estimate of drug-likeness (QED) is 0.786. The van der Waals surface area contributed by atoms with E-state index in [0.29, 0.717) is 6.04 Å². The highest BCUT2D eigenvalue weighted by atomic mass is 32.1. The molecule has 2 heterocycles. The van der Waals surface area contributed by atoms with E-state index in [9.17, 15) is 0 Å². The molecule has 4 nitrogen and oxygen atoms in total. The lowest BCUT2D eigenvalue weighted by Gasteiger charge is -2.34. The Kier molecular flexibility index (Phi) is 3.03. The lowest BCUT2D eigenvalue weighted by atomic mass is 10.1. The largest absolute Gasteiger partial charge is 0.204 e. The number of hydrogen-bond acceptors (Lipinski definition) is 4. The van der Waals surface area contributed by atoms with Crippen molar-refractivity contribution in [3.05, 3.63) is 16.1 Å². The topological polar surface area (TPSA) is 38.1 Å². The number of nitrogens with zero attached hydrogens (tertiary/aromatic N) is 4. The normalized spacial score (nSPS) is 28.0.